The second-order valence-corrected chi connectivity index (χ2v) is 8.92. The lowest BCUT2D eigenvalue weighted by Crippen LogP contribution is -2.33. The van der Waals surface area contributed by atoms with Crippen LogP contribution in [-0.4, -0.2) is 24.9 Å². The summed E-state index contributed by atoms with van der Waals surface area (Å²) in [6.45, 7) is 4.26. The van der Waals surface area contributed by atoms with Gasteiger partial charge < -0.3 is 18.5 Å². The van der Waals surface area contributed by atoms with E-state index in [1.165, 1.54) is 0 Å². The zero-order chi connectivity index (χ0) is 18.8. The normalized spacial score (nSPS) is 32.8. The summed E-state index contributed by atoms with van der Waals surface area (Å²) in [5.74, 6) is 0.547. The fraction of sp³-hybridized carbons (Fsp3) is 0.429. The SMILES string of the molecule is CC[C@@H]1O[C@@]23O[C@@H](CC)c4cccc(c42)OP(N(C)C)OC2=C[C+]=CC1=C23. The Morgan fingerprint density at radius 3 is 2.63 bits per heavy atom. The average molecular weight is 384 g/mol. The molecule has 1 aromatic rings. The lowest BCUT2D eigenvalue weighted by atomic mass is 9.88. The van der Waals surface area contributed by atoms with E-state index in [9.17, 15) is 0 Å². The van der Waals surface area contributed by atoms with E-state index in [0.717, 1.165) is 46.6 Å². The van der Waals surface area contributed by atoms with Gasteiger partial charge in [0.25, 0.3) is 11.5 Å². The van der Waals surface area contributed by atoms with Crippen LogP contribution in [-0.2, 0) is 19.8 Å². The minimum absolute atomic E-state index is 0.0345. The largest absolute Gasteiger partial charge is 0.426 e. The van der Waals surface area contributed by atoms with E-state index in [-0.39, 0.29) is 12.2 Å². The highest BCUT2D eigenvalue weighted by Gasteiger charge is 2.63. The van der Waals surface area contributed by atoms with Gasteiger partial charge in [0, 0.05) is 6.08 Å². The van der Waals surface area contributed by atoms with Crippen LogP contribution in [0, 0.1) is 6.08 Å². The Balaban J connectivity index is 1.81. The number of ether oxygens (including phenoxy) is 2. The minimum Gasteiger partial charge on any atom is -0.426 e. The molecular formula is C21H23NO4P+. The molecule has 5 rings (SSSR count). The smallest absolute Gasteiger partial charge is 0.397 e. The Kier molecular flexibility index (Phi) is 3.94. The van der Waals surface area contributed by atoms with Gasteiger partial charge in [-0.1, -0.05) is 26.0 Å². The molecule has 0 bridgehead atoms. The first kappa shape index (κ1) is 17.4. The monoisotopic (exact) mass is 384 g/mol. The molecule has 27 heavy (non-hydrogen) atoms. The summed E-state index contributed by atoms with van der Waals surface area (Å²) in [6.07, 6.45) is 8.74. The maximum atomic E-state index is 6.64. The summed E-state index contributed by atoms with van der Waals surface area (Å²) >= 11 is 0. The van der Waals surface area contributed by atoms with Crippen LogP contribution < -0.4 is 4.52 Å². The molecule has 0 N–H and O–H groups in total. The standard InChI is InChI=1S/C21H23NO4P/c1-5-15-13-9-7-11-17-19(13)21(23-15)20-14(16(6-2)24-21)10-8-12-18(20)26-27(25-17)22(3)4/h7,9-12,15-16H,5-6H2,1-4H3/q+1/t15-,16-,21-,27?/m0/s1. The van der Waals surface area contributed by atoms with Crippen molar-refractivity contribution < 1.29 is 18.5 Å². The Hall–Kier alpha value is -1.74. The number of benzene rings is 1. The third-order valence-corrected chi connectivity index (χ3v) is 6.80. The maximum absolute atomic E-state index is 6.64. The molecule has 1 spiro atoms. The third-order valence-electron chi connectivity index (χ3n) is 5.44. The molecule has 140 valence electrons. The Morgan fingerprint density at radius 1 is 1.11 bits per heavy atom. The van der Waals surface area contributed by atoms with Gasteiger partial charge in [-0.05, 0) is 38.6 Å². The molecule has 4 aliphatic rings. The Morgan fingerprint density at radius 2 is 1.89 bits per heavy atom. The predicted molar refractivity (Wildman–Crippen MR) is 103 cm³/mol. The van der Waals surface area contributed by atoms with E-state index in [4.69, 9.17) is 18.5 Å². The fourth-order valence-electron chi connectivity index (χ4n) is 4.29. The minimum atomic E-state index is -1.29. The van der Waals surface area contributed by atoms with Crippen LogP contribution >= 0.6 is 8.53 Å². The molecule has 3 heterocycles. The molecule has 0 amide bonds. The second kappa shape index (κ2) is 6.13. The summed E-state index contributed by atoms with van der Waals surface area (Å²) < 4.78 is 27.9. The number of nitrogens with zero attached hydrogens (tertiary/aromatic N) is 1. The third kappa shape index (κ3) is 2.30. The molecule has 0 aromatic heterocycles. The topological polar surface area (TPSA) is 40.2 Å². The Bertz CT molecular complexity index is 890. The van der Waals surface area contributed by atoms with Crippen molar-refractivity contribution in [1.82, 2.24) is 4.67 Å². The van der Waals surface area contributed by atoms with Crippen LogP contribution in [0.1, 0.15) is 43.9 Å². The molecular weight excluding hydrogens is 361 g/mol. The quantitative estimate of drug-likeness (QED) is 0.549. The second-order valence-electron chi connectivity index (χ2n) is 7.28. The van der Waals surface area contributed by atoms with Gasteiger partial charge in [-0.3, -0.25) is 0 Å². The summed E-state index contributed by atoms with van der Waals surface area (Å²) in [4.78, 5) is 0. The number of hydrogen-bond acceptors (Lipinski definition) is 5. The maximum Gasteiger partial charge on any atom is 0.397 e. The van der Waals surface area contributed by atoms with Crippen LogP contribution in [0.15, 0.2) is 47.3 Å². The van der Waals surface area contributed by atoms with E-state index >= 15 is 0 Å². The van der Waals surface area contributed by atoms with Crippen LogP contribution in [0.2, 0.25) is 0 Å². The molecule has 3 aliphatic heterocycles. The van der Waals surface area contributed by atoms with Gasteiger partial charge in [-0.15, -0.1) is 0 Å². The van der Waals surface area contributed by atoms with Crippen LogP contribution in [0.5, 0.6) is 5.75 Å². The molecule has 4 atom stereocenters. The zero-order valence-corrected chi connectivity index (χ0v) is 16.9. The predicted octanol–water partition coefficient (Wildman–Crippen LogP) is 4.88. The summed E-state index contributed by atoms with van der Waals surface area (Å²) in [5.41, 5.74) is 4.23. The van der Waals surface area contributed by atoms with Crippen molar-refractivity contribution >= 4 is 8.53 Å². The van der Waals surface area contributed by atoms with Crippen molar-refractivity contribution in [3.8, 4) is 5.75 Å². The number of allylic oxidation sites excluding steroid dienone is 2. The van der Waals surface area contributed by atoms with E-state index in [0.29, 0.717) is 0 Å². The van der Waals surface area contributed by atoms with Gasteiger partial charge >= 0.3 is 8.53 Å². The molecule has 6 heteroatoms. The van der Waals surface area contributed by atoms with Crippen LogP contribution in [0.3, 0.4) is 0 Å². The van der Waals surface area contributed by atoms with E-state index < -0.39 is 14.3 Å². The zero-order valence-electron chi connectivity index (χ0n) is 16.0. The van der Waals surface area contributed by atoms with Crippen molar-refractivity contribution in [2.24, 2.45) is 0 Å². The lowest BCUT2D eigenvalue weighted by molar-refractivity contribution is -0.232. The highest BCUT2D eigenvalue weighted by atomic mass is 31.2. The molecule has 5 nitrogen and oxygen atoms in total. The highest BCUT2D eigenvalue weighted by Crippen LogP contribution is 2.63. The van der Waals surface area contributed by atoms with E-state index in [1.807, 2.05) is 43.1 Å². The first-order valence-corrected chi connectivity index (χ1v) is 10.6. The summed E-state index contributed by atoms with van der Waals surface area (Å²) in [5, 5.41) is 0. The van der Waals surface area contributed by atoms with Crippen LogP contribution in [0.4, 0.5) is 0 Å². The highest BCUT2D eigenvalue weighted by molar-refractivity contribution is 7.45. The van der Waals surface area contributed by atoms with E-state index in [2.05, 4.69) is 26.0 Å². The van der Waals surface area contributed by atoms with Gasteiger partial charge in [-0.2, -0.15) is 0 Å². The molecule has 0 radical (unpaired) electrons. The first-order valence-electron chi connectivity index (χ1n) is 9.45. The number of rotatable bonds is 3. The Labute approximate surface area is 161 Å². The molecule has 0 saturated heterocycles. The molecule has 1 aliphatic carbocycles. The fourth-order valence-corrected chi connectivity index (χ4v) is 5.29. The van der Waals surface area contributed by atoms with Gasteiger partial charge in [0.1, 0.15) is 29.6 Å². The molecule has 0 saturated carbocycles. The molecule has 1 aromatic carbocycles. The van der Waals surface area contributed by atoms with Gasteiger partial charge in [0.15, 0.2) is 5.57 Å². The van der Waals surface area contributed by atoms with Gasteiger partial charge in [0.05, 0.1) is 11.7 Å². The lowest BCUT2D eigenvalue weighted by Gasteiger charge is -2.32. The van der Waals surface area contributed by atoms with Crippen molar-refractivity contribution in [1.29, 1.82) is 0 Å². The molecule has 1 unspecified atom stereocenters. The van der Waals surface area contributed by atoms with Crippen LogP contribution in [0.25, 0.3) is 0 Å². The average Bonchev–Trinajstić information content (AvgIpc) is 3.16. The summed E-state index contributed by atoms with van der Waals surface area (Å²) in [7, 11) is 2.64. The first-order chi connectivity index (χ1) is 13.1. The van der Waals surface area contributed by atoms with E-state index in [1.54, 1.807) is 0 Å². The van der Waals surface area contributed by atoms with Crippen molar-refractivity contribution in [3.63, 3.8) is 0 Å². The molecule has 0 fully saturated rings. The van der Waals surface area contributed by atoms with Gasteiger partial charge in [0.2, 0.25) is 0 Å². The number of hydrogen-bond donors (Lipinski definition) is 0. The van der Waals surface area contributed by atoms with Gasteiger partial charge in [-0.25, -0.2) is 4.67 Å². The van der Waals surface area contributed by atoms with Crippen molar-refractivity contribution in [3.05, 3.63) is 64.5 Å². The van der Waals surface area contributed by atoms with Crippen molar-refractivity contribution in [2.45, 2.75) is 44.7 Å². The van der Waals surface area contributed by atoms with Crippen molar-refractivity contribution in [2.75, 3.05) is 14.1 Å². The summed E-state index contributed by atoms with van der Waals surface area (Å²) in [6, 6.07) is 6.14.